The van der Waals surface area contributed by atoms with Gasteiger partial charge in [0.2, 0.25) is 0 Å². The molecule has 1 amide bonds. The van der Waals surface area contributed by atoms with Crippen LogP contribution in [0.1, 0.15) is 35.4 Å². The van der Waals surface area contributed by atoms with Crippen LogP contribution in [-0.2, 0) is 22.6 Å². The summed E-state index contributed by atoms with van der Waals surface area (Å²) in [6.07, 6.45) is 2.29. The minimum atomic E-state index is -0.870. The number of furan rings is 1. The zero-order chi connectivity index (χ0) is 22.8. The third-order valence-electron chi connectivity index (χ3n) is 5.48. The molecular weight excluding hydrogens is 412 g/mol. The van der Waals surface area contributed by atoms with Crippen LogP contribution in [0.4, 0.5) is 5.69 Å². The van der Waals surface area contributed by atoms with Gasteiger partial charge in [-0.25, -0.2) is 0 Å². The van der Waals surface area contributed by atoms with Crippen LogP contribution in [0.3, 0.4) is 0 Å². The summed E-state index contributed by atoms with van der Waals surface area (Å²) in [7, 11) is 0. The summed E-state index contributed by atoms with van der Waals surface area (Å²) in [5.74, 6) is -1.61. The number of hydrogen-bond donors (Lipinski definition) is 1. The summed E-state index contributed by atoms with van der Waals surface area (Å²) in [4.78, 5) is 37.9. The van der Waals surface area contributed by atoms with Crippen molar-refractivity contribution < 1.29 is 24.0 Å². The number of aliphatic hydroxyl groups excluding tert-OH is 1. The van der Waals surface area contributed by atoms with E-state index in [1.807, 2.05) is 31.2 Å². The lowest BCUT2D eigenvalue weighted by molar-refractivity contribution is -0.384. The molecule has 2 heterocycles. The number of nitro benzene ring substituents is 1. The highest BCUT2D eigenvalue weighted by molar-refractivity contribution is 6.46. The summed E-state index contributed by atoms with van der Waals surface area (Å²) in [5.41, 5.74) is 1.45. The van der Waals surface area contributed by atoms with Gasteiger partial charge in [0.05, 0.1) is 29.3 Å². The molecule has 1 saturated heterocycles. The van der Waals surface area contributed by atoms with Crippen LogP contribution in [0.15, 0.2) is 76.9 Å². The van der Waals surface area contributed by atoms with Crippen molar-refractivity contribution in [2.24, 2.45) is 0 Å². The molecule has 1 atom stereocenters. The molecule has 4 rings (SSSR count). The number of nitrogens with zero attached hydrogens (tertiary/aromatic N) is 2. The van der Waals surface area contributed by atoms with E-state index in [2.05, 4.69) is 0 Å². The fourth-order valence-corrected chi connectivity index (χ4v) is 3.82. The molecule has 1 fully saturated rings. The number of carbonyl (C=O) groups is 2. The maximum absolute atomic E-state index is 13.0. The Hall–Kier alpha value is -4.20. The Kier molecular flexibility index (Phi) is 5.59. The minimum absolute atomic E-state index is 0.0312. The SMILES string of the molecule is CCc1ccc([C@@H]2/C(=C(\O)c3cccc([N+](=O)[O-])c3)C(=O)C(=O)N2Cc2ccco2)cc1. The number of rotatable bonds is 6. The smallest absolute Gasteiger partial charge is 0.296 e. The number of likely N-dealkylation sites (tertiary alicyclic amines) is 1. The molecule has 8 heteroatoms. The first-order valence-electron chi connectivity index (χ1n) is 10.0. The molecule has 0 unspecified atom stereocenters. The van der Waals surface area contributed by atoms with Crippen LogP contribution >= 0.6 is 0 Å². The Morgan fingerprint density at radius 2 is 1.88 bits per heavy atom. The summed E-state index contributed by atoms with van der Waals surface area (Å²) in [5, 5.41) is 22.2. The van der Waals surface area contributed by atoms with E-state index in [1.165, 1.54) is 35.4 Å². The lowest BCUT2D eigenvalue weighted by Gasteiger charge is -2.24. The first-order chi connectivity index (χ1) is 15.4. The predicted molar refractivity (Wildman–Crippen MR) is 115 cm³/mol. The minimum Gasteiger partial charge on any atom is -0.507 e. The van der Waals surface area contributed by atoms with Gasteiger partial charge in [-0.15, -0.1) is 0 Å². The number of carbonyl (C=O) groups excluding carboxylic acids is 2. The largest absolute Gasteiger partial charge is 0.507 e. The van der Waals surface area contributed by atoms with Gasteiger partial charge in [-0.05, 0) is 29.7 Å². The first-order valence-corrected chi connectivity index (χ1v) is 10.0. The Labute approximate surface area is 183 Å². The van der Waals surface area contributed by atoms with Crippen molar-refractivity contribution in [3.05, 3.63) is 105 Å². The number of hydrogen-bond acceptors (Lipinski definition) is 6. The van der Waals surface area contributed by atoms with Crippen molar-refractivity contribution in [3.8, 4) is 0 Å². The standard InChI is InChI=1S/C24H20N2O6/c1-2-15-8-10-16(11-9-15)21-20(22(27)17-5-3-6-18(13-17)26(30)31)23(28)24(29)25(21)14-19-7-4-12-32-19/h3-13,21,27H,2,14H2,1H3/b22-20+/t21-/m1/s1. The summed E-state index contributed by atoms with van der Waals surface area (Å²) in [6.45, 7) is 2.05. The Balaban J connectivity index is 1.87. The number of amides is 1. The summed E-state index contributed by atoms with van der Waals surface area (Å²) < 4.78 is 5.36. The molecule has 0 aliphatic carbocycles. The Morgan fingerprint density at radius 1 is 1.12 bits per heavy atom. The highest BCUT2D eigenvalue weighted by atomic mass is 16.6. The van der Waals surface area contributed by atoms with E-state index < -0.39 is 28.4 Å². The molecule has 0 radical (unpaired) electrons. The number of non-ortho nitro benzene ring substituents is 1. The lowest BCUT2D eigenvalue weighted by Crippen LogP contribution is -2.29. The van der Waals surface area contributed by atoms with Crippen LogP contribution in [0.25, 0.3) is 5.76 Å². The summed E-state index contributed by atoms with van der Waals surface area (Å²) >= 11 is 0. The topological polar surface area (TPSA) is 114 Å². The molecule has 8 nitrogen and oxygen atoms in total. The molecule has 3 aromatic rings. The molecule has 32 heavy (non-hydrogen) atoms. The number of benzene rings is 2. The third kappa shape index (κ3) is 3.78. The van der Waals surface area contributed by atoms with E-state index in [4.69, 9.17) is 4.42 Å². The van der Waals surface area contributed by atoms with Crippen molar-refractivity contribution in [1.82, 2.24) is 4.90 Å². The van der Waals surface area contributed by atoms with Gasteiger partial charge in [-0.2, -0.15) is 0 Å². The van der Waals surface area contributed by atoms with Crippen molar-refractivity contribution in [2.75, 3.05) is 0 Å². The molecule has 1 aliphatic heterocycles. The van der Waals surface area contributed by atoms with E-state index in [0.717, 1.165) is 12.0 Å². The molecular formula is C24H20N2O6. The number of aliphatic hydroxyl groups is 1. The second-order valence-electron chi connectivity index (χ2n) is 7.41. The molecule has 1 aromatic heterocycles. The second-order valence-corrected chi connectivity index (χ2v) is 7.41. The molecule has 0 spiro atoms. The average Bonchev–Trinajstić information content (AvgIpc) is 3.41. The predicted octanol–water partition coefficient (Wildman–Crippen LogP) is 4.37. The fraction of sp³-hybridized carbons (Fsp3) is 0.167. The summed E-state index contributed by atoms with van der Waals surface area (Å²) in [6, 6.07) is 15.3. The van der Waals surface area contributed by atoms with Gasteiger partial charge in [0.25, 0.3) is 17.4 Å². The van der Waals surface area contributed by atoms with Crippen LogP contribution < -0.4 is 0 Å². The normalized spacial score (nSPS) is 17.7. The number of aryl methyl sites for hydroxylation is 1. The monoisotopic (exact) mass is 432 g/mol. The van der Waals surface area contributed by atoms with Crippen LogP contribution in [0, 0.1) is 10.1 Å². The maximum Gasteiger partial charge on any atom is 0.296 e. The number of Topliss-reactive ketones (excluding diaryl/α,β-unsaturated/α-hetero) is 1. The molecule has 1 N–H and O–H groups in total. The molecule has 0 saturated carbocycles. The van der Waals surface area contributed by atoms with Crippen LogP contribution in [0.2, 0.25) is 0 Å². The lowest BCUT2D eigenvalue weighted by atomic mass is 9.94. The van der Waals surface area contributed by atoms with E-state index in [1.54, 1.807) is 12.1 Å². The Morgan fingerprint density at radius 3 is 2.50 bits per heavy atom. The van der Waals surface area contributed by atoms with Gasteiger partial charge in [0.15, 0.2) is 0 Å². The first kappa shape index (κ1) is 21.0. The van der Waals surface area contributed by atoms with E-state index >= 15 is 0 Å². The number of nitro groups is 1. The maximum atomic E-state index is 13.0. The van der Waals surface area contributed by atoms with Gasteiger partial charge < -0.3 is 14.4 Å². The molecule has 162 valence electrons. The number of ketones is 1. The van der Waals surface area contributed by atoms with E-state index in [9.17, 15) is 24.8 Å². The third-order valence-corrected chi connectivity index (χ3v) is 5.48. The van der Waals surface area contributed by atoms with Crippen molar-refractivity contribution in [1.29, 1.82) is 0 Å². The van der Waals surface area contributed by atoms with Gasteiger partial charge in [0.1, 0.15) is 11.5 Å². The van der Waals surface area contributed by atoms with Gasteiger partial charge in [-0.3, -0.25) is 19.7 Å². The fourth-order valence-electron chi connectivity index (χ4n) is 3.82. The second kappa shape index (κ2) is 8.50. The quantitative estimate of drug-likeness (QED) is 0.203. The van der Waals surface area contributed by atoms with Gasteiger partial charge in [0, 0.05) is 17.7 Å². The van der Waals surface area contributed by atoms with Gasteiger partial charge in [-0.1, -0.05) is 43.3 Å². The van der Waals surface area contributed by atoms with Crippen LogP contribution in [-0.4, -0.2) is 26.6 Å². The van der Waals surface area contributed by atoms with Crippen LogP contribution in [0.5, 0.6) is 0 Å². The highest BCUT2D eigenvalue weighted by Crippen LogP contribution is 2.40. The molecule has 0 bridgehead atoms. The zero-order valence-electron chi connectivity index (χ0n) is 17.2. The van der Waals surface area contributed by atoms with Crippen molar-refractivity contribution >= 4 is 23.1 Å². The van der Waals surface area contributed by atoms with E-state index in [-0.39, 0.29) is 23.4 Å². The van der Waals surface area contributed by atoms with Crippen molar-refractivity contribution in [2.45, 2.75) is 25.9 Å². The van der Waals surface area contributed by atoms with E-state index in [0.29, 0.717) is 11.3 Å². The molecule has 1 aliphatic rings. The zero-order valence-corrected chi connectivity index (χ0v) is 17.2. The van der Waals surface area contributed by atoms with Gasteiger partial charge >= 0.3 is 0 Å². The van der Waals surface area contributed by atoms with Crippen molar-refractivity contribution in [3.63, 3.8) is 0 Å². The molecule has 2 aromatic carbocycles. The average molecular weight is 432 g/mol. The highest BCUT2D eigenvalue weighted by Gasteiger charge is 2.46. The Bertz CT molecular complexity index is 1210.